The van der Waals surface area contributed by atoms with Crippen LogP contribution in [0.15, 0.2) is 12.3 Å². The molecule has 1 aliphatic rings. The first-order chi connectivity index (χ1) is 11.9. The molecular weight excluding hydrogens is 318 g/mol. The van der Waals surface area contributed by atoms with Crippen molar-refractivity contribution in [2.75, 3.05) is 26.2 Å². The normalized spacial score (nSPS) is 15.7. The van der Waals surface area contributed by atoms with Crippen LogP contribution in [0.25, 0.3) is 11.0 Å². The van der Waals surface area contributed by atoms with E-state index in [-0.39, 0.29) is 17.9 Å². The largest absolute Gasteiger partial charge is 0.341 e. The van der Waals surface area contributed by atoms with Crippen molar-refractivity contribution in [3.05, 3.63) is 23.5 Å². The number of nitrogens with zero attached hydrogens (tertiary/aromatic N) is 5. The zero-order valence-corrected chi connectivity index (χ0v) is 15.3. The lowest BCUT2D eigenvalue weighted by molar-refractivity contribution is -0.128. The van der Waals surface area contributed by atoms with Gasteiger partial charge in [-0.1, -0.05) is 0 Å². The summed E-state index contributed by atoms with van der Waals surface area (Å²) < 4.78 is 1.87. The van der Waals surface area contributed by atoms with Gasteiger partial charge in [0, 0.05) is 44.5 Å². The SMILES string of the molecule is CC(=O)N1CCCN(C(=O)c2cc3cnn(C(C)C)c3nc2C)CC1. The number of rotatable bonds is 2. The van der Waals surface area contributed by atoms with Gasteiger partial charge in [-0.25, -0.2) is 9.67 Å². The number of carbonyl (C=O) groups excluding carboxylic acids is 2. The summed E-state index contributed by atoms with van der Waals surface area (Å²) in [6.45, 7) is 10.1. The zero-order chi connectivity index (χ0) is 18.1. The number of hydrogen-bond donors (Lipinski definition) is 0. The van der Waals surface area contributed by atoms with Crippen LogP contribution in [0, 0.1) is 6.92 Å². The minimum atomic E-state index is -0.0189. The Kier molecular flexibility index (Phi) is 4.74. The molecule has 7 nitrogen and oxygen atoms in total. The number of fused-ring (bicyclic) bond motifs is 1. The molecule has 0 atom stereocenters. The smallest absolute Gasteiger partial charge is 0.255 e. The van der Waals surface area contributed by atoms with Crippen molar-refractivity contribution in [1.29, 1.82) is 0 Å². The molecule has 1 fully saturated rings. The number of pyridine rings is 1. The van der Waals surface area contributed by atoms with Gasteiger partial charge in [0.1, 0.15) is 0 Å². The number of aromatic nitrogens is 3. The van der Waals surface area contributed by atoms with E-state index in [1.54, 1.807) is 18.0 Å². The highest BCUT2D eigenvalue weighted by molar-refractivity contribution is 5.98. The van der Waals surface area contributed by atoms with Gasteiger partial charge in [0.2, 0.25) is 5.91 Å². The fourth-order valence-electron chi connectivity index (χ4n) is 3.27. The first-order valence-corrected chi connectivity index (χ1v) is 8.78. The molecule has 0 radical (unpaired) electrons. The Labute approximate surface area is 147 Å². The van der Waals surface area contributed by atoms with Crippen molar-refractivity contribution >= 4 is 22.8 Å². The number of carbonyl (C=O) groups is 2. The second-order valence-corrected chi connectivity index (χ2v) is 6.87. The molecule has 2 amide bonds. The Balaban J connectivity index is 1.87. The molecule has 7 heteroatoms. The minimum Gasteiger partial charge on any atom is -0.341 e. The van der Waals surface area contributed by atoms with Crippen LogP contribution in [-0.2, 0) is 4.79 Å². The maximum Gasteiger partial charge on any atom is 0.255 e. The lowest BCUT2D eigenvalue weighted by atomic mass is 10.1. The van der Waals surface area contributed by atoms with Gasteiger partial charge >= 0.3 is 0 Å². The molecule has 3 heterocycles. The Morgan fingerprint density at radius 3 is 2.48 bits per heavy atom. The van der Waals surface area contributed by atoms with E-state index in [9.17, 15) is 9.59 Å². The summed E-state index contributed by atoms with van der Waals surface area (Å²) in [5.74, 6) is 0.0456. The summed E-state index contributed by atoms with van der Waals surface area (Å²) in [5.41, 5.74) is 2.14. The highest BCUT2D eigenvalue weighted by atomic mass is 16.2. The first kappa shape index (κ1) is 17.4. The second kappa shape index (κ2) is 6.82. The van der Waals surface area contributed by atoms with Gasteiger partial charge in [0.05, 0.1) is 17.5 Å². The average molecular weight is 343 g/mol. The van der Waals surface area contributed by atoms with Gasteiger partial charge in [-0.15, -0.1) is 0 Å². The topological polar surface area (TPSA) is 71.3 Å². The van der Waals surface area contributed by atoms with E-state index in [4.69, 9.17) is 0 Å². The second-order valence-electron chi connectivity index (χ2n) is 6.87. The summed E-state index contributed by atoms with van der Waals surface area (Å²) in [4.78, 5) is 32.8. The maximum absolute atomic E-state index is 13.0. The van der Waals surface area contributed by atoms with E-state index >= 15 is 0 Å². The van der Waals surface area contributed by atoms with Gasteiger partial charge in [-0.3, -0.25) is 9.59 Å². The van der Waals surface area contributed by atoms with E-state index in [0.717, 1.165) is 17.5 Å². The summed E-state index contributed by atoms with van der Waals surface area (Å²) >= 11 is 0. The lowest BCUT2D eigenvalue weighted by Crippen LogP contribution is -2.36. The molecule has 2 aromatic rings. The van der Waals surface area contributed by atoms with E-state index in [0.29, 0.717) is 37.4 Å². The zero-order valence-electron chi connectivity index (χ0n) is 15.3. The van der Waals surface area contributed by atoms with Crippen molar-refractivity contribution in [1.82, 2.24) is 24.6 Å². The van der Waals surface area contributed by atoms with Crippen LogP contribution in [-0.4, -0.2) is 62.6 Å². The van der Waals surface area contributed by atoms with Gasteiger partial charge < -0.3 is 9.80 Å². The fourth-order valence-corrected chi connectivity index (χ4v) is 3.27. The molecule has 2 aromatic heterocycles. The summed E-state index contributed by atoms with van der Waals surface area (Å²) in [7, 11) is 0. The van der Waals surface area contributed by atoms with E-state index in [1.807, 2.05) is 22.6 Å². The molecule has 0 unspecified atom stereocenters. The van der Waals surface area contributed by atoms with Crippen LogP contribution in [0.5, 0.6) is 0 Å². The van der Waals surface area contributed by atoms with Crippen LogP contribution >= 0.6 is 0 Å². The summed E-state index contributed by atoms with van der Waals surface area (Å²) in [6, 6.07) is 2.11. The molecule has 0 spiro atoms. The van der Waals surface area contributed by atoms with Crippen molar-refractivity contribution in [2.45, 2.75) is 40.2 Å². The summed E-state index contributed by atoms with van der Waals surface area (Å²) in [5, 5.41) is 5.26. The van der Waals surface area contributed by atoms with Crippen LogP contribution in [0.4, 0.5) is 0 Å². The standard InChI is InChI=1S/C18H25N5O2/c1-12(2)23-17-15(11-19-23)10-16(13(3)20-17)18(25)22-7-5-6-21(8-9-22)14(4)24/h10-12H,5-9H2,1-4H3. The third-order valence-corrected chi connectivity index (χ3v) is 4.71. The van der Waals surface area contributed by atoms with Crippen molar-refractivity contribution in [2.24, 2.45) is 0 Å². The third kappa shape index (κ3) is 3.36. The molecule has 25 heavy (non-hydrogen) atoms. The van der Waals surface area contributed by atoms with Gasteiger partial charge in [-0.2, -0.15) is 5.10 Å². The Morgan fingerprint density at radius 2 is 1.80 bits per heavy atom. The number of hydrogen-bond acceptors (Lipinski definition) is 4. The molecule has 134 valence electrons. The number of amides is 2. The van der Waals surface area contributed by atoms with E-state index < -0.39 is 0 Å². The molecule has 0 aromatic carbocycles. The van der Waals surface area contributed by atoms with Crippen LogP contribution < -0.4 is 0 Å². The molecular formula is C18H25N5O2. The van der Waals surface area contributed by atoms with Gasteiger partial charge in [0.15, 0.2) is 5.65 Å². The highest BCUT2D eigenvalue weighted by Crippen LogP contribution is 2.21. The lowest BCUT2D eigenvalue weighted by Gasteiger charge is -2.22. The Hall–Kier alpha value is -2.44. The molecule has 3 rings (SSSR count). The van der Waals surface area contributed by atoms with Crippen molar-refractivity contribution < 1.29 is 9.59 Å². The minimum absolute atomic E-state index is 0.0189. The third-order valence-electron chi connectivity index (χ3n) is 4.71. The molecule has 0 saturated carbocycles. The van der Waals surface area contributed by atoms with Crippen LogP contribution in [0.1, 0.15) is 49.3 Å². The molecule has 1 aliphatic heterocycles. The van der Waals surface area contributed by atoms with Gasteiger partial charge in [-0.05, 0) is 33.3 Å². The first-order valence-electron chi connectivity index (χ1n) is 8.78. The molecule has 0 aliphatic carbocycles. The van der Waals surface area contributed by atoms with Crippen LogP contribution in [0.2, 0.25) is 0 Å². The van der Waals surface area contributed by atoms with Crippen molar-refractivity contribution in [3.8, 4) is 0 Å². The van der Waals surface area contributed by atoms with Crippen molar-refractivity contribution in [3.63, 3.8) is 0 Å². The van der Waals surface area contributed by atoms with E-state index in [1.165, 1.54) is 0 Å². The molecule has 0 N–H and O–H groups in total. The molecule has 1 saturated heterocycles. The fraction of sp³-hybridized carbons (Fsp3) is 0.556. The number of aryl methyl sites for hydroxylation is 1. The summed E-state index contributed by atoms with van der Waals surface area (Å²) in [6.07, 6.45) is 2.56. The highest BCUT2D eigenvalue weighted by Gasteiger charge is 2.23. The van der Waals surface area contributed by atoms with Crippen LogP contribution in [0.3, 0.4) is 0 Å². The molecule has 0 bridgehead atoms. The monoisotopic (exact) mass is 343 g/mol. The predicted molar refractivity (Wildman–Crippen MR) is 95.4 cm³/mol. The predicted octanol–water partition coefficient (Wildman–Crippen LogP) is 2.02. The van der Waals surface area contributed by atoms with Gasteiger partial charge in [0.25, 0.3) is 5.91 Å². The average Bonchev–Trinajstić information content (AvgIpc) is 2.80. The van der Waals surface area contributed by atoms with E-state index in [2.05, 4.69) is 23.9 Å². The maximum atomic E-state index is 13.0. The Morgan fingerprint density at radius 1 is 1.12 bits per heavy atom. The Bertz CT molecular complexity index is 811. The quantitative estimate of drug-likeness (QED) is 0.836.